The Hall–Kier alpha value is -4.69. The first-order valence-corrected chi connectivity index (χ1v) is 14.1. The Morgan fingerprint density at radius 1 is 0.886 bits per heavy atom. The Morgan fingerprint density at radius 2 is 1.48 bits per heavy atom. The van der Waals surface area contributed by atoms with Gasteiger partial charge in [-0.15, -0.1) is 5.10 Å². The lowest BCUT2D eigenvalue weighted by Crippen LogP contribution is -2.60. The van der Waals surface area contributed by atoms with Gasteiger partial charge < -0.3 is 23.7 Å². The van der Waals surface area contributed by atoms with E-state index in [4.69, 9.17) is 35.9 Å². The summed E-state index contributed by atoms with van der Waals surface area (Å²) in [7, 11) is 0. The highest BCUT2D eigenvalue weighted by Gasteiger charge is 2.55. The first-order valence-electron chi connectivity index (χ1n) is 13.7. The summed E-state index contributed by atoms with van der Waals surface area (Å²) in [6.45, 7) is 6.29. The number of H-pyrrole nitrogens is 1. The van der Waals surface area contributed by atoms with Crippen LogP contribution in [-0.4, -0.2) is 70.9 Å². The molecule has 0 bridgehead atoms. The molecule has 44 heavy (non-hydrogen) atoms. The molecule has 4 rings (SSSR count). The third-order valence-corrected chi connectivity index (χ3v) is 6.86. The highest BCUT2D eigenvalue weighted by molar-refractivity contribution is 7.71. The number of aromatic nitrogens is 3. The highest BCUT2D eigenvalue weighted by atomic mass is 32.1. The standard InChI is InChI=1S/C30H32N4O9S/c1-17-11-13-22(14-12-17)15-31-33-28(23-9-7-6-8-10-23)32-34(30(33)44)29-27(42-21(5)38)26(41-20(4)37)25(40-19(3)36)24(43-29)16-39-18(2)35/h6-15,24-27,29H,16H2,1-5H3/p+1/b31-15+/t24-,25-,26+,27-,29-/m1/s1. The number of rotatable bonds is 9. The SMILES string of the molecule is CC(=O)OC[C@H]1O[C@@H](n2[nH]c(-c3ccccc3)[n+](/N=C/c3ccc(C)cc3)c2=S)[C@H](OC(C)=O)[C@@H](OC(C)=O)[C@@H]1OC(C)=O. The molecule has 1 saturated heterocycles. The monoisotopic (exact) mass is 625 g/mol. The Kier molecular flexibility index (Phi) is 10.4. The van der Waals surface area contributed by atoms with E-state index >= 15 is 0 Å². The van der Waals surface area contributed by atoms with Crippen LogP contribution in [0, 0.1) is 11.7 Å². The van der Waals surface area contributed by atoms with Gasteiger partial charge in [-0.3, -0.25) is 19.2 Å². The van der Waals surface area contributed by atoms with E-state index in [2.05, 4.69) is 10.2 Å². The van der Waals surface area contributed by atoms with Crippen molar-refractivity contribution in [2.45, 2.75) is 65.3 Å². The molecule has 0 aliphatic carbocycles. The van der Waals surface area contributed by atoms with Crippen LogP contribution in [0.5, 0.6) is 0 Å². The van der Waals surface area contributed by atoms with Gasteiger partial charge in [0.05, 0.1) is 11.8 Å². The van der Waals surface area contributed by atoms with Crippen LogP contribution in [0.1, 0.15) is 45.0 Å². The average Bonchev–Trinajstić information content (AvgIpc) is 3.29. The zero-order chi connectivity index (χ0) is 32.0. The molecular weight excluding hydrogens is 592 g/mol. The van der Waals surface area contributed by atoms with Crippen molar-refractivity contribution in [3.05, 3.63) is 70.5 Å². The van der Waals surface area contributed by atoms with Gasteiger partial charge in [0.25, 0.3) is 12.1 Å². The van der Waals surface area contributed by atoms with E-state index in [0.29, 0.717) is 11.4 Å². The molecule has 232 valence electrons. The fourth-order valence-corrected chi connectivity index (χ4v) is 4.95. The molecule has 0 saturated carbocycles. The topological polar surface area (TPSA) is 151 Å². The molecule has 0 radical (unpaired) electrons. The van der Waals surface area contributed by atoms with Gasteiger partial charge in [0.2, 0.25) is 6.10 Å². The quantitative estimate of drug-likeness (QED) is 0.124. The minimum absolute atomic E-state index is 0.0908. The van der Waals surface area contributed by atoms with Crippen molar-refractivity contribution in [3.63, 3.8) is 0 Å². The maximum absolute atomic E-state index is 12.3. The number of benzene rings is 2. The summed E-state index contributed by atoms with van der Waals surface area (Å²) in [4.78, 5) is 48.4. The molecule has 14 heteroatoms. The van der Waals surface area contributed by atoms with Gasteiger partial charge in [0.15, 0.2) is 12.2 Å². The second-order valence-corrected chi connectivity index (χ2v) is 10.4. The zero-order valence-corrected chi connectivity index (χ0v) is 25.6. The first-order chi connectivity index (χ1) is 20.9. The van der Waals surface area contributed by atoms with Crippen molar-refractivity contribution in [3.8, 4) is 11.4 Å². The van der Waals surface area contributed by atoms with Crippen molar-refractivity contribution in [1.29, 1.82) is 0 Å². The molecule has 5 atom stereocenters. The molecule has 1 N–H and O–H groups in total. The number of hydrogen-bond donors (Lipinski definition) is 1. The highest BCUT2D eigenvalue weighted by Crippen LogP contribution is 2.35. The second kappa shape index (κ2) is 14.2. The van der Waals surface area contributed by atoms with Crippen molar-refractivity contribution >= 4 is 42.3 Å². The number of aromatic amines is 1. The molecule has 0 amide bonds. The molecule has 0 spiro atoms. The van der Waals surface area contributed by atoms with E-state index in [1.165, 1.54) is 23.2 Å². The molecule has 1 aliphatic heterocycles. The van der Waals surface area contributed by atoms with E-state index in [9.17, 15) is 19.2 Å². The predicted octanol–water partition coefficient (Wildman–Crippen LogP) is 2.95. The van der Waals surface area contributed by atoms with E-state index in [-0.39, 0.29) is 11.4 Å². The maximum atomic E-state index is 12.3. The number of nitrogens with one attached hydrogen (secondary N) is 1. The lowest BCUT2D eigenvalue weighted by molar-refractivity contribution is -0.675. The van der Waals surface area contributed by atoms with Crippen molar-refractivity contribution in [1.82, 2.24) is 9.78 Å². The van der Waals surface area contributed by atoms with E-state index < -0.39 is 54.5 Å². The Morgan fingerprint density at radius 3 is 2.07 bits per heavy atom. The van der Waals surface area contributed by atoms with Crippen molar-refractivity contribution < 1.29 is 47.5 Å². The van der Waals surface area contributed by atoms with Crippen LogP contribution >= 0.6 is 12.2 Å². The third-order valence-electron chi connectivity index (χ3n) is 6.49. The average molecular weight is 626 g/mol. The summed E-state index contributed by atoms with van der Waals surface area (Å²) in [6, 6.07) is 16.9. The van der Waals surface area contributed by atoms with Crippen LogP contribution in [0.3, 0.4) is 0 Å². The van der Waals surface area contributed by atoms with Gasteiger partial charge in [-0.25, -0.2) is 0 Å². The molecule has 1 fully saturated rings. The number of nitrogens with zero attached hydrogens (tertiary/aromatic N) is 3. The predicted molar refractivity (Wildman–Crippen MR) is 157 cm³/mol. The summed E-state index contributed by atoms with van der Waals surface area (Å²) in [6.07, 6.45) is -4.83. The molecule has 1 aliphatic rings. The van der Waals surface area contributed by atoms with Crippen LogP contribution in [0.4, 0.5) is 0 Å². The van der Waals surface area contributed by atoms with Crippen LogP contribution in [0.25, 0.3) is 11.4 Å². The third kappa shape index (κ3) is 7.82. The van der Waals surface area contributed by atoms with Crippen molar-refractivity contribution in [2.75, 3.05) is 6.61 Å². The number of carbonyl (C=O) groups is 4. The molecule has 0 unspecified atom stereocenters. The largest absolute Gasteiger partial charge is 0.463 e. The van der Waals surface area contributed by atoms with Crippen LogP contribution in [-0.2, 0) is 42.9 Å². The summed E-state index contributed by atoms with van der Waals surface area (Å²) >= 11 is 5.85. The normalized spacial score (nSPS) is 21.4. The molecule has 1 aromatic heterocycles. The number of hydrogen-bond acceptors (Lipinski definition) is 11. The van der Waals surface area contributed by atoms with E-state index in [0.717, 1.165) is 25.0 Å². The smallest absolute Gasteiger partial charge is 0.353 e. The summed E-state index contributed by atoms with van der Waals surface area (Å²) < 4.78 is 31.1. The lowest BCUT2D eigenvalue weighted by Gasteiger charge is -2.42. The fourth-order valence-electron chi connectivity index (χ4n) is 4.66. The second-order valence-electron chi connectivity index (χ2n) is 10.0. The van der Waals surface area contributed by atoms with Gasteiger partial charge in [-0.05, 0) is 24.6 Å². The minimum Gasteiger partial charge on any atom is -0.463 e. The molecule has 3 aromatic rings. The van der Waals surface area contributed by atoms with Gasteiger partial charge in [-0.1, -0.05) is 57.4 Å². The summed E-state index contributed by atoms with van der Waals surface area (Å²) in [5, 5.41) is 7.82. The number of aryl methyl sites for hydroxylation is 1. The Bertz CT molecular complexity index is 1600. The minimum atomic E-state index is -1.37. The molecule has 2 aromatic carbocycles. The number of carbonyl (C=O) groups excluding carboxylic acids is 4. The van der Waals surface area contributed by atoms with Gasteiger partial charge in [-0.2, -0.15) is 5.10 Å². The van der Waals surface area contributed by atoms with Crippen LogP contribution < -0.4 is 4.68 Å². The molecule has 2 heterocycles. The Labute approximate surface area is 258 Å². The maximum Gasteiger partial charge on any atom is 0.353 e. The number of ether oxygens (including phenoxy) is 5. The molecule has 13 nitrogen and oxygen atoms in total. The molecular formula is C30H33N4O9S+. The summed E-state index contributed by atoms with van der Waals surface area (Å²) in [5.74, 6) is -2.37. The first kappa shape index (κ1) is 32.2. The van der Waals surface area contributed by atoms with E-state index in [1.54, 1.807) is 6.21 Å². The zero-order valence-electron chi connectivity index (χ0n) is 24.8. The summed E-state index contributed by atoms with van der Waals surface area (Å²) in [5.41, 5.74) is 2.62. The Balaban J connectivity index is 1.89. The van der Waals surface area contributed by atoms with Crippen LogP contribution in [0.15, 0.2) is 59.7 Å². The van der Waals surface area contributed by atoms with E-state index in [1.807, 2.05) is 61.5 Å². The van der Waals surface area contributed by atoms with Gasteiger partial charge in [0, 0.05) is 39.9 Å². The van der Waals surface area contributed by atoms with Gasteiger partial charge in [0.1, 0.15) is 12.7 Å². The fraction of sp³-hybridized carbons (Fsp3) is 0.367. The lowest BCUT2D eigenvalue weighted by atomic mass is 9.97. The van der Waals surface area contributed by atoms with Crippen LogP contribution in [0.2, 0.25) is 0 Å². The van der Waals surface area contributed by atoms with Gasteiger partial charge >= 0.3 is 28.6 Å². The number of esters is 4. The van der Waals surface area contributed by atoms with Crippen molar-refractivity contribution in [2.24, 2.45) is 5.10 Å².